The molecule has 0 unspecified atom stereocenters. The molecule has 0 saturated heterocycles. The first-order valence-corrected chi connectivity index (χ1v) is 6.49. The Morgan fingerprint density at radius 3 is 2.40 bits per heavy atom. The standard InChI is InChI=1S/C16H11ClN2O/c17-16-10-13(7-9-19-16)12-3-5-14(6-4-12)20-15-2-1-8-18-11-15/h1-11H. The van der Waals surface area contributed by atoms with E-state index in [0.29, 0.717) is 10.9 Å². The van der Waals surface area contributed by atoms with E-state index in [1.807, 2.05) is 48.5 Å². The molecule has 1 aromatic carbocycles. The van der Waals surface area contributed by atoms with E-state index in [2.05, 4.69) is 9.97 Å². The highest BCUT2D eigenvalue weighted by molar-refractivity contribution is 6.29. The molecule has 2 heterocycles. The molecule has 0 amide bonds. The predicted octanol–water partition coefficient (Wildman–Crippen LogP) is 4.59. The fourth-order valence-corrected chi connectivity index (χ4v) is 2.01. The van der Waals surface area contributed by atoms with Gasteiger partial charge in [0.15, 0.2) is 0 Å². The quantitative estimate of drug-likeness (QED) is 0.659. The minimum atomic E-state index is 0.484. The molecular weight excluding hydrogens is 272 g/mol. The average molecular weight is 283 g/mol. The molecule has 0 fully saturated rings. The first-order chi connectivity index (χ1) is 9.81. The molecule has 20 heavy (non-hydrogen) atoms. The number of benzene rings is 1. The Labute approximate surface area is 121 Å². The average Bonchev–Trinajstić information content (AvgIpc) is 2.49. The van der Waals surface area contributed by atoms with Crippen LogP contribution in [0.4, 0.5) is 0 Å². The van der Waals surface area contributed by atoms with Crippen molar-refractivity contribution in [2.24, 2.45) is 0 Å². The molecule has 0 aliphatic heterocycles. The lowest BCUT2D eigenvalue weighted by Crippen LogP contribution is -1.85. The van der Waals surface area contributed by atoms with Crippen molar-refractivity contribution in [2.45, 2.75) is 0 Å². The van der Waals surface area contributed by atoms with Gasteiger partial charge in [-0.2, -0.15) is 0 Å². The third-order valence-corrected chi connectivity index (χ3v) is 2.99. The number of hydrogen-bond acceptors (Lipinski definition) is 3. The van der Waals surface area contributed by atoms with Gasteiger partial charge in [-0.25, -0.2) is 4.98 Å². The van der Waals surface area contributed by atoms with Gasteiger partial charge >= 0.3 is 0 Å². The van der Waals surface area contributed by atoms with Crippen molar-refractivity contribution in [3.63, 3.8) is 0 Å². The molecule has 0 spiro atoms. The van der Waals surface area contributed by atoms with Gasteiger partial charge in [-0.05, 0) is 47.5 Å². The Kier molecular flexibility index (Phi) is 3.61. The molecule has 3 rings (SSSR count). The summed E-state index contributed by atoms with van der Waals surface area (Å²) >= 11 is 5.89. The second-order valence-electron chi connectivity index (χ2n) is 4.18. The second-order valence-corrected chi connectivity index (χ2v) is 4.57. The first kappa shape index (κ1) is 12.6. The molecular formula is C16H11ClN2O. The Balaban J connectivity index is 1.81. The maximum absolute atomic E-state index is 5.89. The Hall–Kier alpha value is -2.39. The topological polar surface area (TPSA) is 35.0 Å². The monoisotopic (exact) mass is 282 g/mol. The number of nitrogens with zero attached hydrogens (tertiary/aromatic N) is 2. The number of aromatic nitrogens is 2. The van der Waals surface area contributed by atoms with Crippen LogP contribution in [0, 0.1) is 0 Å². The summed E-state index contributed by atoms with van der Waals surface area (Å²) in [6.07, 6.45) is 5.08. The molecule has 0 saturated carbocycles. The van der Waals surface area contributed by atoms with E-state index in [1.165, 1.54) is 0 Å². The third-order valence-electron chi connectivity index (χ3n) is 2.78. The van der Waals surface area contributed by atoms with Crippen molar-refractivity contribution in [1.82, 2.24) is 9.97 Å². The molecule has 0 radical (unpaired) electrons. The maximum Gasteiger partial charge on any atom is 0.145 e. The van der Waals surface area contributed by atoms with E-state index in [4.69, 9.17) is 16.3 Å². The van der Waals surface area contributed by atoms with Crippen molar-refractivity contribution in [2.75, 3.05) is 0 Å². The van der Waals surface area contributed by atoms with E-state index in [1.54, 1.807) is 18.6 Å². The molecule has 3 nitrogen and oxygen atoms in total. The van der Waals surface area contributed by atoms with Crippen LogP contribution in [0.15, 0.2) is 67.1 Å². The van der Waals surface area contributed by atoms with Crippen LogP contribution in [-0.4, -0.2) is 9.97 Å². The summed E-state index contributed by atoms with van der Waals surface area (Å²) in [6, 6.07) is 15.2. The number of halogens is 1. The van der Waals surface area contributed by atoms with Crippen LogP contribution in [0.25, 0.3) is 11.1 Å². The van der Waals surface area contributed by atoms with Crippen LogP contribution < -0.4 is 4.74 Å². The van der Waals surface area contributed by atoms with Crippen molar-refractivity contribution < 1.29 is 4.74 Å². The molecule has 3 aromatic rings. The van der Waals surface area contributed by atoms with Crippen LogP contribution in [0.3, 0.4) is 0 Å². The highest BCUT2D eigenvalue weighted by atomic mass is 35.5. The van der Waals surface area contributed by atoms with Crippen molar-refractivity contribution >= 4 is 11.6 Å². The SMILES string of the molecule is Clc1cc(-c2ccc(Oc3cccnc3)cc2)ccn1. The fourth-order valence-electron chi connectivity index (χ4n) is 1.84. The van der Waals surface area contributed by atoms with Crippen LogP contribution in [0.2, 0.25) is 5.15 Å². The largest absolute Gasteiger partial charge is 0.456 e. The number of pyridine rings is 2. The fraction of sp³-hybridized carbons (Fsp3) is 0. The van der Waals surface area contributed by atoms with Crippen molar-refractivity contribution in [3.05, 3.63) is 72.3 Å². The second kappa shape index (κ2) is 5.72. The zero-order valence-corrected chi connectivity index (χ0v) is 11.3. The Bertz CT molecular complexity index is 699. The highest BCUT2D eigenvalue weighted by Gasteiger charge is 2.01. The summed E-state index contributed by atoms with van der Waals surface area (Å²) in [5.74, 6) is 1.48. The lowest BCUT2D eigenvalue weighted by molar-refractivity contribution is 0.480. The summed E-state index contributed by atoms with van der Waals surface area (Å²) in [6.45, 7) is 0. The summed E-state index contributed by atoms with van der Waals surface area (Å²) in [7, 11) is 0. The van der Waals surface area contributed by atoms with E-state index in [0.717, 1.165) is 16.9 Å². The lowest BCUT2D eigenvalue weighted by atomic mass is 10.1. The van der Waals surface area contributed by atoms with Crippen LogP contribution in [-0.2, 0) is 0 Å². The van der Waals surface area contributed by atoms with Crippen LogP contribution >= 0.6 is 11.6 Å². The van der Waals surface area contributed by atoms with Crippen LogP contribution in [0.5, 0.6) is 11.5 Å². The zero-order valence-electron chi connectivity index (χ0n) is 10.5. The van der Waals surface area contributed by atoms with Crippen molar-refractivity contribution in [3.8, 4) is 22.6 Å². The van der Waals surface area contributed by atoms with E-state index in [-0.39, 0.29) is 0 Å². The van der Waals surface area contributed by atoms with Gasteiger partial charge in [0.05, 0.1) is 6.20 Å². The Morgan fingerprint density at radius 1 is 0.850 bits per heavy atom. The lowest BCUT2D eigenvalue weighted by Gasteiger charge is -2.06. The number of hydrogen-bond donors (Lipinski definition) is 0. The molecule has 2 aromatic heterocycles. The molecule has 0 aliphatic rings. The van der Waals surface area contributed by atoms with Crippen LogP contribution in [0.1, 0.15) is 0 Å². The Morgan fingerprint density at radius 2 is 1.70 bits per heavy atom. The summed E-state index contributed by atoms with van der Waals surface area (Å²) < 4.78 is 5.69. The van der Waals surface area contributed by atoms with E-state index >= 15 is 0 Å². The molecule has 0 bridgehead atoms. The smallest absolute Gasteiger partial charge is 0.145 e. The molecule has 0 aliphatic carbocycles. The summed E-state index contributed by atoms with van der Waals surface area (Å²) in [4.78, 5) is 7.98. The van der Waals surface area contributed by atoms with Gasteiger partial charge in [0.2, 0.25) is 0 Å². The van der Waals surface area contributed by atoms with Crippen molar-refractivity contribution in [1.29, 1.82) is 0 Å². The van der Waals surface area contributed by atoms with Gasteiger partial charge in [0, 0.05) is 12.4 Å². The molecule has 0 N–H and O–H groups in total. The summed E-state index contributed by atoms with van der Waals surface area (Å²) in [5, 5.41) is 0.484. The minimum Gasteiger partial charge on any atom is -0.456 e. The van der Waals surface area contributed by atoms with Gasteiger partial charge in [0.25, 0.3) is 0 Å². The molecule has 98 valence electrons. The normalized spacial score (nSPS) is 10.2. The van der Waals surface area contributed by atoms with E-state index < -0.39 is 0 Å². The number of ether oxygens (including phenoxy) is 1. The summed E-state index contributed by atoms with van der Waals surface area (Å²) in [5.41, 5.74) is 2.09. The third kappa shape index (κ3) is 2.95. The zero-order chi connectivity index (χ0) is 13.8. The molecule has 0 atom stereocenters. The van der Waals surface area contributed by atoms with Gasteiger partial charge < -0.3 is 4.74 Å². The molecule has 4 heteroatoms. The predicted molar refractivity (Wildman–Crippen MR) is 79.0 cm³/mol. The minimum absolute atomic E-state index is 0.484. The highest BCUT2D eigenvalue weighted by Crippen LogP contribution is 2.26. The van der Waals surface area contributed by atoms with Gasteiger partial charge in [0.1, 0.15) is 16.7 Å². The maximum atomic E-state index is 5.89. The van der Waals surface area contributed by atoms with E-state index in [9.17, 15) is 0 Å². The first-order valence-electron chi connectivity index (χ1n) is 6.11. The van der Waals surface area contributed by atoms with Gasteiger partial charge in [-0.15, -0.1) is 0 Å². The van der Waals surface area contributed by atoms with Gasteiger partial charge in [-0.3, -0.25) is 4.98 Å². The number of rotatable bonds is 3. The van der Waals surface area contributed by atoms with Gasteiger partial charge in [-0.1, -0.05) is 23.7 Å².